The van der Waals surface area contributed by atoms with Crippen molar-refractivity contribution in [3.63, 3.8) is 0 Å². The Labute approximate surface area is 857 Å². The van der Waals surface area contributed by atoms with Crippen molar-refractivity contribution in [1.29, 1.82) is 0 Å². The third kappa shape index (κ3) is 12.3. The van der Waals surface area contributed by atoms with Gasteiger partial charge in [0, 0.05) is 55.1 Å². The number of para-hydroxylation sites is 7. The molecule has 0 N–H and O–H groups in total. The van der Waals surface area contributed by atoms with Gasteiger partial charge < -0.3 is 18.9 Å². The minimum Gasteiger partial charge on any atom is -0.310 e. The van der Waals surface area contributed by atoms with Gasteiger partial charge in [0.2, 0.25) is 0 Å². The quantitative estimate of drug-likeness (QED) is 0.108. The molecule has 4 aliphatic rings. The van der Waals surface area contributed by atoms with Gasteiger partial charge in [0.15, 0.2) is 0 Å². The molecule has 0 fully saturated rings. The van der Waals surface area contributed by atoms with Gasteiger partial charge in [-0.2, -0.15) is 0 Å². The molecule has 2 aliphatic heterocycles. The lowest BCUT2D eigenvalue weighted by atomic mass is 9.65. The molecule has 686 valence electrons. The van der Waals surface area contributed by atoms with E-state index in [1.807, 2.05) is 0 Å². The number of fused-ring (bicyclic) bond motifs is 28. The lowest BCUT2D eigenvalue weighted by Gasteiger charge is -2.39. The Morgan fingerprint density at radius 3 is 1.04 bits per heavy atom. The van der Waals surface area contributed by atoms with Crippen LogP contribution in [0.25, 0.3) is 209 Å². The highest BCUT2D eigenvalue weighted by Gasteiger charge is 2.53. The molecule has 4 heterocycles. The first-order chi connectivity index (χ1) is 73.4. The zero-order valence-electron chi connectivity index (χ0n) is 80.8. The zero-order chi connectivity index (χ0) is 97.0. The van der Waals surface area contributed by atoms with Gasteiger partial charge in [0.25, 0.3) is 0 Å². The standard InChI is InChI=1S/C144H90N4/c1-3-28-91(29-4-1)93-58-62-97(63-59-93)114-35-11-18-52-134(114)145(109-79-72-101-84-99(66-68-103(101)86-109)105-74-81-120-118-37-9-14-46-126(118)143(132(120)89-105)128-48-16-21-55-139(128)147-137-54-20-13-39-122(137)123-44-26-50-130(143)141(123)147)108-77-70-96(71-78-108)111-40-24-43-117-112(41-25-42-116(111)117)107-76-83-138-125(88-107)124-45-27-51-131-142(124)148(138)140-56-22-17-49-129(140)144(131)127-47-15-10-38-119(127)121-82-75-106(90-133(121)144)100-67-69-104-87-110(80-73-102(104)85-100)146(136-57-23-33-95-32-7-8-34-113(95)136)135-53-19-12-36-115(135)98-64-60-94(61-65-98)92-30-5-2-6-31-92/h1-90H. The molecule has 2 atom stereocenters. The van der Waals surface area contributed by atoms with Crippen LogP contribution >= 0.6 is 0 Å². The maximum absolute atomic E-state index is 2.58. The minimum atomic E-state index is -0.647. The molecule has 4 nitrogen and oxygen atoms in total. The number of benzene rings is 25. The van der Waals surface area contributed by atoms with Crippen LogP contribution in [0.4, 0.5) is 34.1 Å². The number of hydrogen-bond acceptors (Lipinski definition) is 2. The van der Waals surface area contributed by atoms with Crippen LogP contribution in [0, 0.1) is 0 Å². The highest BCUT2D eigenvalue weighted by Crippen LogP contribution is 2.65. The topological polar surface area (TPSA) is 16.3 Å². The largest absolute Gasteiger partial charge is 0.310 e. The summed E-state index contributed by atoms with van der Waals surface area (Å²) in [4.78, 5) is 4.93. The number of rotatable bonds is 14. The van der Waals surface area contributed by atoms with Gasteiger partial charge >= 0.3 is 0 Å². The second kappa shape index (κ2) is 32.6. The Kier molecular flexibility index (Phi) is 18.4. The van der Waals surface area contributed by atoms with Crippen molar-refractivity contribution in [1.82, 2.24) is 9.13 Å². The Hall–Kier alpha value is -19.3. The third-order valence-electron chi connectivity index (χ3n) is 32.9. The van der Waals surface area contributed by atoms with Crippen LogP contribution in [-0.4, -0.2) is 9.13 Å². The molecular formula is C144H90N4. The van der Waals surface area contributed by atoms with Gasteiger partial charge in [0.05, 0.1) is 61.3 Å². The molecule has 148 heavy (non-hydrogen) atoms. The number of aromatic nitrogens is 2. The smallest absolute Gasteiger partial charge is 0.0754 e. The van der Waals surface area contributed by atoms with E-state index < -0.39 is 10.8 Å². The van der Waals surface area contributed by atoms with Crippen LogP contribution in [0.2, 0.25) is 0 Å². The Morgan fingerprint density at radius 2 is 0.473 bits per heavy atom. The van der Waals surface area contributed by atoms with E-state index in [0.29, 0.717) is 0 Å². The van der Waals surface area contributed by atoms with E-state index in [0.717, 1.165) is 67.3 Å². The van der Waals surface area contributed by atoms with E-state index in [-0.39, 0.29) is 0 Å². The lowest BCUT2D eigenvalue weighted by Crippen LogP contribution is -2.33. The monoisotopic (exact) mass is 1870 g/mol. The summed E-state index contributed by atoms with van der Waals surface area (Å²) < 4.78 is 5.11. The molecule has 2 aromatic heterocycles. The van der Waals surface area contributed by atoms with Gasteiger partial charge in [-0.1, -0.05) is 437 Å². The molecule has 0 saturated heterocycles. The SMILES string of the molecule is c1ccc(-c2ccc(-c3ccccc3N(c3ccc(-c4cccc5c(-c6ccc7c(c6)c6cccc8c6n7-c6ccccc6C86c7ccccc7-c7ccc(-c8ccc9cc(N(c%10ccccc%10-c%10ccc(-c%11ccccc%11)cc%10)c%10cccc%11ccccc%10%11)ccc9c8)cc76)cccc45)cc3)c3ccc4cc(-c5ccc6c(c5)C5(c7ccccc7-6)c6ccccc6-n6c7ccccc7c7cccc5c76)ccc4c3)cc2)cc1. The molecule has 31 rings (SSSR count). The number of anilines is 6. The number of nitrogens with zero attached hydrogens (tertiary/aromatic N) is 4. The molecule has 2 spiro atoms. The first-order valence-corrected chi connectivity index (χ1v) is 51.5. The van der Waals surface area contributed by atoms with Crippen molar-refractivity contribution in [2.45, 2.75) is 10.8 Å². The summed E-state index contributed by atoms with van der Waals surface area (Å²) in [6.07, 6.45) is 0. The highest BCUT2D eigenvalue weighted by atomic mass is 15.2. The fourth-order valence-corrected chi connectivity index (χ4v) is 26.4. The van der Waals surface area contributed by atoms with Crippen LogP contribution in [0.3, 0.4) is 0 Å². The second-order valence-corrected chi connectivity index (χ2v) is 40.3. The Balaban J connectivity index is 0.488. The van der Waals surface area contributed by atoms with E-state index in [9.17, 15) is 0 Å². The summed E-state index contributed by atoms with van der Waals surface area (Å²) in [5.74, 6) is 0. The molecule has 4 heteroatoms. The Morgan fingerprint density at radius 1 is 0.142 bits per heavy atom. The van der Waals surface area contributed by atoms with Gasteiger partial charge in [-0.3, -0.25) is 0 Å². The normalized spacial score (nSPS) is 14.3. The van der Waals surface area contributed by atoms with Gasteiger partial charge in [0.1, 0.15) is 0 Å². The van der Waals surface area contributed by atoms with Crippen LogP contribution in [-0.2, 0) is 10.8 Å². The predicted octanol–water partition coefficient (Wildman–Crippen LogP) is 38.1. The average Bonchev–Trinajstić information content (AvgIpc) is 1.50. The Bertz CT molecular complexity index is 10200. The summed E-state index contributed by atoms with van der Waals surface area (Å²) in [7, 11) is 0. The fourth-order valence-electron chi connectivity index (χ4n) is 26.4. The van der Waals surface area contributed by atoms with Gasteiger partial charge in [-0.15, -0.1) is 0 Å². The third-order valence-corrected chi connectivity index (χ3v) is 32.9. The summed E-state index contributed by atoms with van der Waals surface area (Å²) in [5, 5.41) is 14.5. The van der Waals surface area contributed by atoms with Crippen molar-refractivity contribution in [2.75, 3.05) is 9.80 Å². The fraction of sp³-hybridized carbons (Fsp3) is 0.0139. The lowest BCUT2D eigenvalue weighted by molar-refractivity contribution is 0.749. The average molecular weight is 1880 g/mol. The van der Waals surface area contributed by atoms with Crippen molar-refractivity contribution in [3.8, 4) is 123 Å². The van der Waals surface area contributed by atoms with Crippen LogP contribution in [0.15, 0.2) is 546 Å². The molecule has 0 bridgehead atoms. The van der Waals surface area contributed by atoms with Crippen LogP contribution in [0.1, 0.15) is 44.5 Å². The molecular weight excluding hydrogens is 1790 g/mol. The summed E-state index contributed by atoms with van der Waals surface area (Å²) in [6, 6.07) is 206. The van der Waals surface area contributed by atoms with Gasteiger partial charge in [-0.05, 0) is 292 Å². The first-order valence-electron chi connectivity index (χ1n) is 51.5. The zero-order valence-corrected chi connectivity index (χ0v) is 80.8. The van der Waals surface area contributed by atoms with Crippen LogP contribution in [0.5, 0.6) is 0 Å². The summed E-state index contributed by atoms with van der Waals surface area (Å²) >= 11 is 0. The van der Waals surface area contributed by atoms with E-state index in [1.54, 1.807) is 0 Å². The maximum Gasteiger partial charge on any atom is 0.0754 e. The van der Waals surface area contributed by atoms with Crippen molar-refractivity contribution in [3.05, 3.63) is 590 Å². The second-order valence-electron chi connectivity index (χ2n) is 40.3. The molecule has 25 aromatic carbocycles. The molecule has 0 radical (unpaired) electrons. The maximum atomic E-state index is 2.58. The highest BCUT2D eigenvalue weighted by molar-refractivity contribution is 6.17. The summed E-state index contributed by atoms with van der Waals surface area (Å²) in [6.45, 7) is 0. The number of hydrogen-bond donors (Lipinski definition) is 0. The molecule has 27 aromatic rings. The van der Waals surface area contributed by atoms with E-state index >= 15 is 0 Å². The summed E-state index contributed by atoms with van der Waals surface area (Å²) in [5.41, 5.74) is 47.0. The molecule has 2 aliphatic carbocycles. The minimum absolute atomic E-state index is 0.555. The van der Waals surface area contributed by atoms with Crippen molar-refractivity contribution < 1.29 is 0 Å². The predicted molar refractivity (Wildman–Crippen MR) is 620 cm³/mol. The first kappa shape index (κ1) is 83.4. The molecule has 2 unspecified atom stereocenters. The van der Waals surface area contributed by atoms with E-state index in [2.05, 4.69) is 565 Å². The van der Waals surface area contributed by atoms with E-state index in [4.69, 9.17) is 0 Å². The molecule has 0 saturated carbocycles. The van der Waals surface area contributed by atoms with Crippen molar-refractivity contribution >= 4 is 121 Å². The van der Waals surface area contributed by atoms with E-state index in [1.165, 1.54) is 221 Å². The van der Waals surface area contributed by atoms with Crippen LogP contribution < -0.4 is 9.80 Å². The molecule has 0 amide bonds. The van der Waals surface area contributed by atoms with Gasteiger partial charge in [-0.25, -0.2) is 0 Å². The van der Waals surface area contributed by atoms with Crippen molar-refractivity contribution in [2.24, 2.45) is 0 Å².